The molecule has 41 heavy (non-hydrogen) atoms. The summed E-state index contributed by atoms with van der Waals surface area (Å²) in [7, 11) is 0. The second-order valence-electron chi connectivity index (χ2n) is 11.6. The first-order valence-corrected chi connectivity index (χ1v) is 14.7. The van der Waals surface area contributed by atoms with E-state index < -0.39 is 5.60 Å². The average molecular weight is 553 g/mol. The Balaban J connectivity index is 4.74. The summed E-state index contributed by atoms with van der Waals surface area (Å²) in [6.45, 7) is 20.6. The van der Waals surface area contributed by atoms with Crippen LogP contribution in [-0.4, -0.2) is 10.7 Å². The summed E-state index contributed by atoms with van der Waals surface area (Å²) in [5, 5.41) is 9.76. The Kier molecular flexibility index (Phi) is 20.4. The number of hydrogen-bond donors (Lipinski definition) is 1. The maximum Gasteiger partial charge on any atom is 0.0626 e. The van der Waals surface area contributed by atoms with Gasteiger partial charge in [-0.1, -0.05) is 154 Å². The lowest BCUT2D eigenvalue weighted by molar-refractivity contribution is 0.0839. The molecule has 0 unspecified atom stereocenters. The summed E-state index contributed by atoms with van der Waals surface area (Å²) in [5.41, 5.74) is 8.08. The van der Waals surface area contributed by atoms with Crippen molar-refractivity contribution in [3.63, 3.8) is 0 Å². The van der Waals surface area contributed by atoms with Crippen LogP contribution in [0.4, 0.5) is 0 Å². The van der Waals surface area contributed by atoms with Crippen LogP contribution in [-0.2, 0) is 0 Å². The molecule has 0 saturated heterocycles. The lowest BCUT2D eigenvalue weighted by Crippen LogP contribution is -2.16. The van der Waals surface area contributed by atoms with Crippen molar-refractivity contribution >= 4 is 0 Å². The third kappa shape index (κ3) is 26.6. The second kappa shape index (κ2) is 22.3. The van der Waals surface area contributed by atoms with E-state index in [1.54, 1.807) is 0 Å². The molecule has 0 radical (unpaired) electrons. The molecule has 1 heteroatoms. The molecular weight excluding hydrogens is 496 g/mol. The van der Waals surface area contributed by atoms with Crippen LogP contribution in [0, 0.1) is 0 Å². The number of aliphatic hydroxyl groups is 1. The molecule has 1 nitrogen and oxygen atoms in total. The van der Waals surface area contributed by atoms with Crippen molar-refractivity contribution < 1.29 is 5.11 Å². The van der Waals surface area contributed by atoms with Crippen LogP contribution in [0.2, 0.25) is 0 Å². The highest BCUT2D eigenvalue weighted by molar-refractivity contribution is 5.33. The van der Waals surface area contributed by atoms with Crippen molar-refractivity contribution in [3.8, 4) is 0 Å². The summed E-state index contributed by atoms with van der Waals surface area (Å²) in [6.07, 6.45) is 43.0. The molecule has 0 amide bonds. The molecule has 0 aliphatic rings. The summed E-state index contributed by atoms with van der Waals surface area (Å²) in [5.74, 6) is 0. The van der Waals surface area contributed by atoms with Crippen LogP contribution in [0.15, 0.2) is 154 Å². The summed E-state index contributed by atoms with van der Waals surface area (Å²) in [6, 6.07) is 0. The van der Waals surface area contributed by atoms with E-state index in [4.69, 9.17) is 0 Å². The fourth-order valence-electron chi connectivity index (χ4n) is 3.32. The molecule has 0 aliphatic carbocycles. The molecule has 0 aromatic carbocycles. The first kappa shape index (κ1) is 37.6. The summed E-state index contributed by atoms with van der Waals surface area (Å²) >= 11 is 0. The van der Waals surface area contributed by atoms with Crippen LogP contribution in [0.25, 0.3) is 0 Å². The van der Waals surface area contributed by atoms with E-state index in [-0.39, 0.29) is 0 Å². The molecule has 1 N–H and O–H groups in total. The largest absolute Gasteiger partial charge is 0.390 e. The van der Waals surface area contributed by atoms with E-state index in [9.17, 15) is 5.11 Å². The molecule has 0 aliphatic heterocycles. The maximum absolute atomic E-state index is 9.76. The quantitative estimate of drug-likeness (QED) is 0.149. The van der Waals surface area contributed by atoms with Gasteiger partial charge in [0.05, 0.1) is 5.60 Å². The zero-order valence-electron chi connectivity index (χ0n) is 27.5. The number of hydrogen-bond acceptors (Lipinski definition) is 1. The van der Waals surface area contributed by atoms with Gasteiger partial charge >= 0.3 is 0 Å². The van der Waals surface area contributed by atoms with Crippen molar-refractivity contribution in [1.82, 2.24) is 0 Å². The third-order valence-corrected chi connectivity index (χ3v) is 5.81. The molecule has 0 bridgehead atoms. The van der Waals surface area contributed by atoms with Gasteiger partial charge in [-0.15, -0.1) is 0 Å². The van der Waals surface area contributed by atoms with Gasteiger partial charge in [0.2, 0.25) is 0 Å². The van der Waals surface area contributed by atoms with Gasteiger partial charge in [0.1, 0.15) is 0 Å². The van der Waals surface area contributed by atoms with E-state index in [2.05, 4.69) is 159 Å². The Morgan fingerprint density at radius 3 is 1.27 bits per heavy atom. The highest BCUT2D eigenvalue weighted by Crippen LogP contribution is 2.10. The van der Waals surface area contributed by atoms with E-state index in [0.29, 0.717) is 6.42 Å². The van der Waals surface area contributed by atoms with Crippen molar-refractivity contribution in [2.75, 3.05) is 0 Å². The van der Waals surface area contributed by atoms with Crippen molar-refractivity contribution in [3.05, 3.63) is 154 Å². The standard InChI is InChI=1S/C40H56O/c1-33(2)19-13-22-36(5)25-16-28-37(6)26-14-23-34(3)20-11-12-21-35(4)24-15-27-38(7)29-17-30-39(8)31-18-32-40(9,10)41/h11-12,14-21,23-31,41H,13,22,32H2,1-10H3/b12-11+,23-14+,24-15+,28-16+,29-17+,31-18+,34-20+,35-21+,36-25+,37-26+,38-27+,39-30+. The Morgan fingerprint density at radius 1 is 0.512 bits per heavy atom. The van der Waals surface area contributed by atoms with Crippen LogP contribution in [0.1, 0.15) is 88.5 Å². The molecule has 0 aromatic heterocycles. The predicted octanol–water partition coefficient (Wildman–Crippen LogP) is 11.9. The Hall–Kier alpha value is -3.42. The minimum atomic E-state index is -0.662. The van der Waals surface area contributed by atoms with Crippen molar-refractivity contribution in [1.29, 1.82) is 0 Å². The molecule has 0 fully saturated rings. The first-order valence-electron chi connectivity index (χ1n) is 14.7. The van der Waals surface area contributed by atoms with E-state index in [1.807, 2.05) is 26.0 Å². The van der Waals surface area contributed by atoms with Gasteiger partial charge in [0.15, 0.2) is 0 Å². The van der Waals surface area contributed by atoms with Gasteiger partial charge in [0.25, 0.3) is 0 Å². The molecule has 0 aromatic rings. The lowest BCUT2D eigenvalue weighted by atomic mass is 10.0. The molecule has 0 heterocycles. The Bertz CT molecular complexity index is 1180. The zero-order valence-corrected chi connectivity index (χ0v) is 27.5. The monoisotopic (exact) mass is 552 g/mol. The predicted molar refractivity (Wildman–Crippen MR) is 187 cm³/mol. The van der Waals surface area contributed by atoms with E-state index >= 15 is 0 Å². The van der Waals surface area contributed by atoms with E-state index in [1.165, 1.54) is 33.4 Å². The van der Waals surface area contributed by atoms with E-state index in [0.717, 1.165) is 18.4 Å². The molecule has 0 saturated carbocycles. The fourth-order valence-corrected chi connectivity index (χ4v) is 3.32. The van der Waals surface area contributed by atoms with Crippen LogP contribution >= 0.6 is 0 Å². The molecule has 0 atom stereocenters. The SMILES string of the molecule is CC(C)=CCC/C(C)=C/C=C/C(C)=C/C=C/C(C)=C/C=C/C=C(C)/C=C/C=C(C)/C=C/C=C(C)/C=C/CC(C)(C)O. The summed E-state index contributed by atoms with van der Waals surface area (Å²) in [4.78, 5) is 0. The molecule has 222 valence electrons. The minimum Gasteiger partial charge on any atom is -0.390 e. The highest BCUT2D eigenvalue weighted by Gasteiger charge is 2.08. The molecule has 0 rings (SSSR count). The zero-order chi connectivity index (χ0) is 31.1. The average Bonchev–Trinajstić information content (AvgIpc) is 2.85. The first-order chi connectivity index (χ1) is 19.3. The third-order valence-electron chi connectivity index (χ3n) is 5.81. The molecule has 0 spiro atoms. The molecular formula is C40H56O. The lowest BCUT2D eigenvalue weighted by Gasteiger charge is -2.13. The highest BCUT2D eigenvalue weighted by atomic mass is 16.3. The van der Waals surface area contributed by atoms with Gasteiger partial charge in [-0.05, 0) is 88.5 Å². The van der Waals surface area contributed by atoms with Crippen LogP contribution < -0.4 is 0 Å². The number of allylic oxidation sites excluding steroid dienone is 25. The van der Waals surface area contributed by atoms with Crippen LogP contribution in [0.5, 0.6) is 0 Å². The van der Waals surface area contributed by atoms with Gasteiger partial charge in [-0.2, -0.15) is 0 Å². The minimum absolute atomic E-state index is 0.645. The normalized spacial score (nSPS) is 15.8. The Morgan fingerprint density at radius 2 is 0.878 bits per heavy atom. The Labute approximate surface area is 253 Å². The van der Waals surface area contributed by atoms with Gasteiger partial charge in [-0.25, -0.2) is 0 Å². The topological polar surface area (TPSA) is 20.2 Å². The van der Waals surface area contributed by atoms with Crippen LogP contribution in [0.3, 0.4) is 0 Å². The maximum atomic E-state index is 9.76. The second-order valence-corrected chi connectivity index (χ2v) is 11.6. The van der Waals surface area contributed by atoms with Gasteiger partial charge in [-0.3, -0.25) is 0 Å². The van der Waals surface area contributed by atoms with Crippen molar-refractivity contribution in [2.45, 2.75) is 94.1 Å². The van der Waals surface area contributed by atoms with Gasteiger partial charge < -0.3 is 5.11 Å². The number of rotatable bonds is 16. The van der Waals surface area contributed by atoms with Crippen molar-refractivity contribution in [2.24, 2.45) is 0 Å². The van der Waals surface area contributed by atoms with Gasteiger partial charge in [0, 0.05) is 0 Å². The smallest absolute Gasteiger partial charge is 0.0626 e. The fraction of sp³-hybridized carbons (Fsp3) is 0.350. The summed E-state index contributed by atoms with van der Waals surface area (Å²) < 4.78 is 0.